The number of thiazole rings is 1. The fourth-order valence-electron chi connectivity index (χ4n) is 2.03. The van der Waals surface area contributed by atoms with Crippen molar-refractivity contribution in [2.45, 2.75) is 13.8 Å². The summed E-state index contributed by atoms with van der Waals surface area (Å²) in [6.45, 7) is 4.00. The Morgan fingerprint density at radius 2 is 1.84 bits per heavy atom. The molecule has 0 aliphatic carbocycles. The van der Waals surface area contributed by atoms with Crippen LogP contribution in [-0.2, 0) is 0 Å². The molecule has 0 fully saturated rings. The Balaban J connectivity index is 0.00000133. The highest BCUT2D eigenvalue weighted by Gasteiger charge is 2.08. The molecular weight excluding hydrogens is 324 g/mol. The summed E-state index contributed by atoms with van der Waals surface area (Å²) in [6.07, 6.45) is 0. The Morgan fingerprint density at radius 1 is 1.16 bits per heavy atom. The molecule has 0 saturated heterocycles. The van der Waals surface area contributed by atoms with Gasteiger partial charge >= 0.3 is 0 Å². The summed E-state index contributed by atoms with van der Waals surface area (Å²) >= 11 is 1.49. The minimum Gasteiger partial charge on any atom is -1.00 e. The maximum absolute atomic E-state index is 11.4. The summed E-state index contributed by atoms with van der Waals surface area (Å²) in [5.41, 5.74) is 4.20. The van der Waals surface area contributed by atoms with Crippen LogP contribution in [0.4, 0.5) is 0 Å². The molecule has 3 rings (SSSR count). The molecule has 5 heteroatoms. The Kier molecular flexibility index (Phi) is 3.87. The molecule has 0 bridgehead atoms. The van der Waals surface area contributed by atoms with Crippen molar-refractivity contribution in [2.24, 2.45) is 0 Å². The molecule has 0 N–H and O–H groups in total. The van der Waals surface area contributed by atoms with E-state index in [9.17, 15) is 4.79 Å². The average molecular weight is 336 g/mol. The first-order valence-corrected chi connectivity index (χ1v) is 6.58. The first-order chi connectivity index (χ1) is 8.65. The number of fused-ring (bicyclic) bond motifs is 1. The summed E-state index contributed by atoms with van der Waals surface area (Å²) in [5, 5.41) is 2.04. The molecule has 19 heavy (non-hydrogen) atoms. The lowest BCUT2D eigenvalue weighted by molar-refractivity contribution is -0.00000383. The fraction of sp³-hybridized carbons (Fsp3) is 0.143. The zero-order valence-electron chi connectivity index (χ0n) is 10.6. The van der Waals surface area contributed by atoms with Crippen molar-refractivity contribution in [3.8, 4) is 11.3 Å². The summed E-state index contributed by atoms with van der Waals surface area (Å²) in [7, 11) is 0. The van der Waals surface area contributed by atoms with Crippen LogP contribution in [0.1, 0.15) is 11.3 Å². The molecule has 0 amide bonds. The van der Waals surface area contributed by atoms with E-state index in [1.165, 1.54) is 16.9 Å². The molecule has 0 radical (unpaired) electrons. The molecule has 98 valence electrons. The Labute approximate surface area is 125 Å². The van der Waals surface area contributed by atoms with Crippen molar-refractivity contribution in [1.29, 1.82) is 0 Å². The molecule has 2 heterocycles. The Morgan fingerprint density at radius 3 is 2.53 bits per heavy atom. The minimum atomic E-state index is -0.176. The van der Waals surface area contributed by atoms with Crippen LogP contribution in [0.2, 0.25) is 0 Å². The van der Waals surface area contributed by atoms with Crippen molar-refractivity contribution in [3.63, 3.8) is 0 Å². The molecule has 2 aromatic heterocycles. The quantitative estimate of drug-likeness (QED) is 0.629. The number of halogens is 1. The first-order valence-electron chi connectivity index (χ1n) is 5.70. The number of aryl methyl sites for hydroxylation is 2. The van der Waals surface area contributed by atoms with Gasteiger partial charge in [0.1, 0.15) is 0 Å². The van der Waals surface area contributed by atoms with Crippen LogP contribution in [0.25, 0.3) is 16.2 Å². The summed E-state index contributed by atoms with van der Waals surface area (Å²) in [5.74, 6) is 0. The van der Waals surface area contributed by atoms with Crippen molar-refractivity contribution >= 4 is 16.3 Å². The topological polar surface area (TPSA) is 34.4 Å². The van der Waals surface area contributed by atoms with Crippen LogP contribution < -0.4 is 22.5 Å². The van der Waals surface area contributed by atoms with E-state index in [1.54, 1.807) is 6.07 Å². The van der Waals surface area contributed by atoms with Gasteiger partial charge in [0.25, 0.3) is 5.56 Å². The van der Waals surface area contributed by atoms with E-state index in [1.807, 2.05) is 16.7 Å². The van der Waals surface area contributed by atoms with Crippen LogP contribution in [0, 0.1) is 13.8 Å². The summed E-state index contributed by atoms with van der Waals surface area (Å²) in [6, 6.07) is 9.93. The van der Waals surface area contributed by atoms with Gasteiger partial charge in [-0.1, -0.05) is 29.8 Å². The molecular formula is C14H12BrN2OS-. The maximum Gasteiger partial charge on any atom is 0.274 e. The number of hydrogen-bond donors (Lipinski definition) is 0. The third-order valence-corrected chi connectivity index (χ3v) is 3.77. The van der Waals surface area contributed by atoms with Gasteiger partial charge in [-0.2, -0.15) is 4.98 Å². The normalized spacial score (nSPS) is 10.4. The van der Waals surface area contributed by atoms with E-state index in [-0.39, 0.29) is 22.5 Å². The second-order valence-electron chi connectivity index (χ2n) is 4.34. The van der Waals surface area contributed by atoms with Gasteiger partial charge in [0.2, 0.25) is 0 Å². The van der Waals surface area contributed by atoms with Crippen LogP contribution >= 0.6 is 11.3 Å². The van der Waals surface area contributed by atoms with E-state index in [2.05, 4.69) is 36.2 Å². The highest BCUT2D eigenvalue weighted by atomic mass is 79.9. The largest absolute Gasteiger partial charge is 1.00 e. The predicted molar refractivity (Wildman–Crippen MR) is 74.2 cm³/mol. The molecule has 0 spiro atoms. The molecule has 0 aliphatic heterocycles. The van der Waals surface area contributed by atoms with Gasteiger partial charge in [-0.15, -0.1) is 11.3 Å². The van der Waals surface area contributed by atoms with Crippen LogP contribution in [-0.4, -0.2) is 9.38 Å². The lowest BCUT2D eigenvalue weighted by Gasteiger charge is -2.05. The number of nitrogens with zero attached hydrogens (tertiary/aromatic N) is 2. The SMILES string of the molecule is Cc1ccc(-c2csc3nc(=O)cc(C)n23)cc1.[Br-]. The second kappa shape index (κ2) is 5.27. The van der Waals surface area contributed by atoms with Gasteiger partial charge in [0.15, 0.2) is 4.96 Å². The fourth-order valence-corrected chi connectivity index (χ4v) is 2.97. The second-order valence-corrected chi connectivity index (χ2v) is 5.18. The molecule has 3 aromatic rings. The van der Waals surface area contributed by atoms with Crippen LogP contribution in [0.15, 0.2) is 40.5 Å². The molecule has 0 unspecified atom stereocenters. The summed E-state index contributed by atoms with van der Waals surface area (Å²) in [4.78, 5) is 16.1. The third kappa shape index (κ3) is 2.48. The van der Waals surface area contributed by atoms with Gasteiger partial charge in [-0.05, 0) is 19.4 Å². The van der Waals surface area contributed by atoms with Crippen molar-refractivity contribution < 1.29 is 17.0 Å². The maximum atomic E-state index is 11.4. The number of rotatable bonds is 1. The number of aromatic nitrogens is 2. The molecule has 3 nitrogen and oxygen atoms in total. The minimum absolute atomic E-state index is 0. The van der Waals surface area contributed by atoms with Crippen LogP contribution in [0.3, 0.4) is 0 Å². The van der Waals surface area contributed by atoms with Gasteiger partial charge in [0, 0.05) is 17.1 Å². The Bertz CT molecular complexity index is 774. The highest BCUT2D eigenvalue weighted by molar-refractivity contribution is 7.15. The van der Waals surface area contributed by atoms with E-state index < -0.39 is 0 Å². The smallest absolute Gasteiger partial charge is 0.274 e. The zero-order valence-corrected chi connectivity index (χ0v) is 13.0. The average Bonchev–Trinajstić information content (AvgIpc) is 2.74. The van der Waals surface area contributed by atoms with Gasteiger partial charge in [-0.3, -0.25) is 9.20 Å². The van der Waals surface area contributed by atoms with Gasteiger partial charge < -0.3 is 17.0 Å². The highest BCUT2D eigenvalue weighted by Crippen LogP contribution is 2.25. The number of benzene rings is 1. The van der Waals surface area contributed by atoms with Gasteiger partial charge in [-0.25, -0.2) is 0 Å². The lowest BCUT2D eigenvalue weighted by atomic mass is 10.1. The van der Waals surface area contributed by atoms with Crippen molar-refractivity contribution in [3.05, 3.63) is 57.3 Å². The standard InChI is InChI=1S/C14H12N2OS.BrH/c1-9-3-5-11(6-4-9)12-8-18-14-15-13(17)7-10(2)16(12)14;/h3-8H,1-2H3;1H/p-1. The van der Waals surface area contributed by atoms with Gasteiger partial charge in [0.05, 0.1) is 5.69 Å². The third-order valence-electron chi connectivity index (χ3n) is 2.95. The van der Waals surface area contributed by atoms with Crippen LogP contribution in [0.5, 0.6) is 0 Å². The molecule has 0 saturated carbocycles. The zero-order chi connectivity index (χ0) is 12.7. The lowest BCUT2D eigenvalue weighted by Crippen LogP contribution is -3.00. The number of hydrogen-bond acceptors (Lipinski definition) is 3. The van der Waals surface area contributed by atoms with E-state index in [0.717, 1.165) is 21.9 Å². The molecule has 0 atom stereocenters. The Hall–Kier alpha value is -1.46. The molecule has 1 aromatic carbocycles. The van der Waals surface area contributed by atoms with E-state index >= 15 is 0 Å². The first kappa shape index (κ1) is 14.0. The predicted octanol–water partition coefficient (Wildman–Crippen LogP) is 0.0438. The van der Waals surface area contributed by atoms with Crippen molar-refractivity contribution in [1.82, 2.24) is 9.38 Å². The molecule has 0 aliphatic rings. The van der Waals surface area contributed by atoms with E-state index in [0.29, 0.717) is 0 Å². The van der Waals surface area contributed by atoms with Crippen molar-refractivity contribution in [2.75, 3.05) is 0 Å². The van der Waals surface area contributed by atoms with E-state index in [4.69, 9.17) is 0 Å². The summed E-state index contributed by atoms with van der Waals surface area (Å²) < 4.78 is 2.02. The monoisotopic (exact) mass is 335 g/mol.